The number of nitrogens with one attached hydrogen (secondary N) is 2. The Morgan fingerprint density at radius 1 is 0.977 bits per heavy atom. The number of fused-ring (bicyclic) bond motifs is 1. The van der Waals surface area contributed by atoms with Gasteiger partial charge in [-0.15, -0.1) is 11.3 Å². The summed E-state index contributed by atoms with van der Waals surface area (Å²) in [5.41, 5.74) is 2.69. The maximum atomic E-state index is 13.6. The number of amides is 3. The predicted octanol–water partition coefficient (Wildman–Crippen LogP) is 4.12. The summed E-state index contributed by atoms with van der Waals surface area (Å²) in [6, 6.07) is 18.4. The zero-order valence-electron chi connectivity index (χ0n) is 25.4. The molecular weight excluding hydrogens is 574 g/mol. The van der Waals surface area contributed by atoms with Gasteiger partial charge in [0.05, 0.1) is 24.7 Å². The maximum absolute atomic E-state index is 13.6. The molecule has 0 spiro atoms. The summed E-state index contributed by atoms with van der Waals surface area (Å²) in [5, 5.41) is 13.5. The van der Waals surface area contributed by atoms with Crippen molar-refractivity contribution in [3.05, 3.63) is 88.9 Å². The largest absolute Gasteiger partial charge is 0.344 e. The van der Waals surface area contributed by atoms with E-state index in [2.05, 4.69) is 20.7 Å². The van der Waals surface area contributed by atoms with Crippen LogP contribution in [0.3, 0.4) is 0 Å². The Morgan fingerprint density at radius 2 is 1.70 bits per heavy atom. The van der Waals surface area contributed by atoms with Crippen molar-refractivity contribution < 1.29 is 14.4 Å². The number of carbonyl (C=O) groups excluding carboxylic acids is 3. The zero-order valence-corrected chi connectivity index (χ0v) is 26.2. The Hall–Kier alpha value is -4.38. The van der Waals surface area contributed by atoms with E-state index in [-0.39, 0.29) is 36.5 Å². The van der Waals surface area contributed by atoms with Crippen molar-refractivity contribution >= 4 is 29.1 Å². The molecular formula is C33H39N7O3S. The first-order valence-corrected chi connectivity index (χ1v) is 16.0. The van der Waals surface area contributed by atoms with Crippen LogP contribution in [0.25, 0.3) is 10.6 Å². The first kappa shape index (κ1) is 31.1. The second kappa shape index (κ2) is 14.4. The van der Waals surface area contributed by atoms with E-state index in [4.69, 9.17) is 4.98 Å². The van der Waals surface area contributed by atoms with E-state index < -0.39 is 12.1 Å². The van der Waals surface area contributed by atoms with Gasteiger partial charge in [0.15, 0.2) is 0 Å². The molecule has 0 radical (unpaired) electrons. The van der Waals surface area contributed by atoms with E-state index >= 15 is 0 Å². The van der Waals surface area contributed by atoms with Gasteiger partial charge in [-0.25, -0.2) is 14.6 Å². The van der Waals surface area contributed by atoms with Crippen LogP contribution in [0.2, 0.25) is 0 Å². The van der Waals surface area contributed by atoms with Crippen molar-refractivity contribution in [2.75, 3.05) is 13.1 Å². The van der Waals surface area contributed by atoms with Crippen LogP contribution in [0.5, 0.6) is 0 Å². The minimum Gasteiger partial charge on any atom is -0.344 e. The Morgan fingerprint density at radius 3 is 2.43 bits per heavy atom. The molecule has 1 aliphatic rings. The molecule has 4 aromatic rings. The fourth-order valence-electron chi connectivity index (χ4n) is 5.35. The Balaban J connectivity index is 1.38. The zero-order chi connectivity index (χ0) is 31.1. The number of thiazole rings is 1. The van der Waals surface area contributed by atoms with Gasteiger partial charge in [0.25, 0.3) is 0 Å². The van der Waals surface area contributed by atoms with Gasteiger partial charge < -0.3 is 15.5 Å². The third-order valence-corrected chi connectivity index (χ3v) is 8.59. The minimum atomic E-state index is -0.757. The third kappa shape index (κ3) is 7.96. The average Bonchev–Trinajstić information content (AvgIpc) is 3.63. The lowest BCUT2D eigenvalue weighted by molar-refractivity contribution is -0.131. The highest BCUT2D eigenvalue weighted by Gasteiger charge is 2.30. The number of carbonyl (C=O) groups is 3. The quantitative estimate of drug-likeness (QED) is 0.338. The number of aromatic nitrogens is 4. The van der Waals surface area contributed by atoms with Crippen LogP contribution in [0.4, 0.5) is 0 Å². The summed E-state index contributed by atoms with van der Waals surface area (Å²) in [4.78, 5) is 51.5. The molecule has 0 bridgehead atoms. The molecule has 3 heterocycles. The van der Waals surface area contributed by atoms with Crippen molar-refractivity contribution in [2.24, 2.45) is 5.92 Å². The summed E-state index contributed by atoms with van der Waals surface area (Å²) in [5.74, 6) is 0.678. The normalized spacial score (nSPS) is 18.3. The molecule has 44 heavy (non-hydrogen) atoms. The maximum Gasteiger partial charge on any atom is 0.243 e. The van der Waals surface area contributed by atoms with Gasteiger partial charge in [-0.3, -0.25) is 14.4 Å². The topological polar surface area (TPSA) is 122 Å². The van der Waals surface area contributed by atoms with Crippen molar-refractivity contribution in [1.82, 2.24) is 35.3 Å². The summed E-state index contributed by atoms with van der Waals surface area (Å²) in [6.07, 6.45) is 1.18. The molecule has 2 aromatic heterocycles. The van der Waals surface area contributed by atoms with E-state index in [1.165, 1.54) is 11.3 Å². The number of rotatable bonds is 6. The van der Waals surface area contributed by atoms with Gasteiger partial charge in [0, 0.05) is 36.9 Å². The van der Waals surface area contributed by atoms with E-state index in [0.717, 1.165) is 21.8 Å². The number of benzene rings is 2. The molecule has 11 heteroatoms. The fourth-order valence-corrected chi connectivity index (χ4v) is 6.18. The van der Waals surface area contributed by atoms with Gasteiger partial charge in [-0.2, -0.15) is 5.10 Å². The van der Waals surface area contributed by atoms with Gasteiger partial charge >= 0.3 is 0 Å². The summed E-state index contributed by atoms with van der Waals surface area (Å²) < 4.78 is 1.80. The van der Waals surface area contributed by atoms with Crippen LogP contribution >= 0.6 is 11.3 Å². The summed E-state index contributed by atoms with van der Waals surface area (Å²) in [7, 11) is 0. The van der Waals surface area contributed by atoms with Crippen LogP contribution in [-0.2, 0) is 33.8 Å². The van der Waals surface area contributed by atoms with Crippen LogP contribution in [0.1, 0.15) is 55.6 Å². The van der Waals surface area contributed by atoms with Crippen molar-refractivity contribution in [3.8, 4) is 10.6 Å². The highest BCUT2D eigenvalue weighted by atomic mass is 32.1. The molecule has 1 aliphatic heterocycles. The second-order valence-corrected chi connectivity index (χ2v) is 12.3. The molecule has 0 unspecified atom stereocenters. The first-order valence-electron chi connectivity index (χ1n) is 15.1. The van der Waals surface area contributed by atoms with Crippen LogP contribution in [-0.4, -0.2) is 61.5 Å². The minimum absolute atomic E-state index is 0.00323. The van der Waals surface area contributed by atoms with Gasteiger partial charge in [-0.05, 0) is 24.8 Å². The number of nitrogens with zero attached hydrogens (tertiary/aromatic N) is 5. The monoisotopic (exact) mass is 613 g/mol. The van der Waals surface area contributed by atoms with E-state index in [9.17, 15) is 14.4 Å². The smallest absolute Gasteiger partial charge is 0.243 e. The van der Waals surface area contributed by atoms with E-state index in [0.29, 0.717) is 44.1 Å². The second-order valence-electron chi connectivity index (χ2n) is 11.5. The Kier molecular flexibility index (Phi) is 10.2. The number of aryl methyl sites for hydroxylation is 1. The van der Waals surface area contributed by atoms with Gasteiger partial charge in [-0.1, -0.05) is 74.5 Å². The summed E-state index contributed by atoms with van der Waals surface area (Å²) >= 11 is 1.52. The first-order chi connectivity index (χ1) is 21.3. The predicted molar refractivity (Wildman–Crippen MR) is 170 cm³/mol. The van der Waals surface area contributed by atoms with E-state index in [1.54, 1.807) is 9.58 Å². The van der Waals surface area contributed by atoms with E-state index in [1.807, 2.05) is 86.8 Å². The van der Waals surface area contributed by atoms with Crippen LogP contribution in [0.15, 0.2) is 66.0 Å². The Bertz CT molecular complexity index is 1570. The summed E-state index contributed by atoms with van der Waals surface area (Å²) in [6.45, 7) is 7.05. The molecule has 2 N–H and O–H groups in total. The Labute approximate surface area is 261 Å². The molecule has 0 saturated carbocycles. The van der Waals surface area contributed by atoms with Gasteiger partial charge in [0.2, 0.25) is 17.7 Å². The molecule has 0 saturated heterocycles. The molecule has 2 aromatic carbocycles. The van der Waals surface area contributed by atoms with Crippen molar-refractivity contribution in [2.45, 2.75) is 65.1 Å². The highest BCUT2D eigenvalue weighted by molar-refractivity contribution is 7.13. The van der Waals surface area contributed by atoms with Crippen LogP contribution < -0.4 is 10.6 Å². The SMILES string of the molecule is Cc1nc2n(n1)CCN(C(=O)Cc1csc(-c3ccccc3)n1)CCCC(=O)N[C@@H](Cc1ccccc1)C(=O)N[C@@H]2C(C)C. The highest BCUT2D eigenvalue weighted by Crippen LogP contribution is 2.24. The fraction of sp³-hybridized carbons (Fsp3) is 0.394. The molecule has 230 valence electrons. The lowest BCUT2D eigenvalue weighted by Crippen LogP contribution is -2.50. The van der Waals surface area contributed by atoms with Gasteiger partial charge in [0.1, 0.15) is 22.7 Å². The number of hydrogen-bond acceptors (Lipinski definition) is 7. The molecule has 10 nitrogen and oxygen atoms in total. The molecule has 0 aliphatic carbocycles. The molecule has 0 fully saturated rings. The average molecular weight is 614 g/mol. The van der Waals surface area contributed by atoms with Crippen molar-refractivity contribution in [3.63, 3.8) is 0 Å². The molecule has 5 rings (SSSR count). The van der Waals surface area contributed by atoms with Crippen molar-refractivity contribution in [1.29, 1.82) is 0 Å². The lowest BCUT2D eigenvalue weighted by atomic mass is 10.0. The van der Waals surface area contributed by atoms with Crippen LogP contribution in [0, 0.1) is 12.8 Å². The molecule has 3 amide bonds. The number of hydrogen-bond donors (Lipinski definition) is 2. The third-order valence-electron chi connectivity index (χ3n) is 7.65. The lowest BCUT2D eigenvalue weighted by Gasteiger charge is -2.28. The standard InChI is InChI=1S/C33H39N7O3S/c1-22(2)30-31-34-23(3)38-40(31)18-17-39(29(42)20-26-21-44-33(35-26)25-13-8-5-9-14-25)16-10-15-28(41)36-27(32(43)37-30)19-24-11-6-4-7-12-24/h4-9,11-14,21-22,27,30H,10,15-20H2,1-3H3,(H,36,41)(H,37,43)/t27-,30+/m0/s1. The molecule has 2 atom stereocenters.